The maximum Gasteiger partial charge on any atom is 0.274 e. The first-order valence-electron chi connectivity index (χ1n) is 6.29. The van der Waals surface area contributed by atoms with Gasteiger partial charge in [-0.25, -0.2) is 0 Å². The molecule has 1 aliphatic carbocycles. The van der Waals surface area contributed by atoms with Crippen molar-refractivity contribution in [2.75, 3.05) is 6.54 Å². The number of hydrogen-bond acceptors (Lipinski definition) is 3. The lowest BCUT2D eigenvalue weighted by atomic mass is 9.98. The summed E-state index contributed by atoms with van der Waals surface area (Å²) >= 11 is 0. The predicted molar refractivity (Wildman–Crippen MR) is 65.1 cm³/mol. The number of nitrogens with one attached hydrogen (secondary N) is 1. The van der Waals surface area contributed by atoms with Gasteiger partial charge in [-0.2, -0.15) is 0 Å². The Kier molecular flexibility index (Phi) is 2.59. The van der Waals surface area contributed by atoms with Crippen LogP contribution in [0.4, 0.5) is 5.69 Å². The summed E-state index contributed by atoms with van der Waals surface area (Å²) in [6.45, 7) is 0.971. The van der Waals surface area contributed by atoms with Crippen LogP contribution in [0, 0.1) is 10.1 Å². The topological polar surface area (TPSA) is 55.2 Å². The summed E-state index contributed by atoms with van der Waals surface area (Å²) < 4.78 is 0. The monoisotopic (exact) mass is 232 g/mol. The normalized spacial score (nSPS) is 22.7. The molecule has 1 fully saturated rings. The van der Waals surface area contributed by atoms with Crippen LogP contribution in [0.3, 0.4) is 0 Å². The molecule has 0 bridgehead atoms. The van der Waals surface area contributed by atoms with Gasteiger partial charge in [0.2, 0.25) is 0 Å². The Hall–Kier alpha value is -1.42. The highest BCUT2D eigenvalue weighted by Gasteiger charge is 2.27. The van der Waals surface area contributed by atoms with Crippen molar-refractivity contribution in [3.05, 3.63) is 38.9 Å². The number of nitro groups is 1. The first-order chi connectivity index (χ1) is 8.25. The van der Waals surface area contributed by atoms with Crippen LogP contribution in [0.2, 0.25) is 0 Å². The molecule has 1 heterocycles. The summed E-state index contributed by atoms with van der Waals surface area (Å²) in [5, 5.41) is 14.5. The van der Waals surface area contributed by atoms with Gasteiger partial charge >= 0.3 is 0 Å². The van der Waals surface area contributed by atoms with Gasteiger partial charge in [-0.15, -0.1) is 0 Å². The van der Waals surface area contributed by atoms with E-state index in [2.05, 4.69) is 11.4 Å². The second kappa shape index (κ2) is 4.11. The van der Waals surface area contributed by atoms with E-state index in [1.54, 1.807) is 6.07 Å². The molecule has 2 aliphatic rings. The Bertz CT molecular complexity index is 465. The van der Waals surface area contributed by atoms with Crippen molar-refractivity contribution in [2.24, 2.45) is 0 Å². The van der Waals surface area contributed by atoms with Crippen molar-refractivity contribution in [2.45, 2.75) is 38.1 Å². The van der Waals surface area contributed by atoms with Crippen molar-refractivity contribution >= 4 is 5.69 Å². The molecule has 1 aromatic rings. The Balaban J connectivity index is 2.07. The highest BCUT2D eigenvalue weighted by molar-refractivity contribution is 5.50. The van der Waals surface area contributed by atoms with E-state index >= 15 is 0 Å². The lowest BCUT2D eigenvalue weighted by Crippen LogP contribution is -2.15. The highest BCUT2D eigenvalue weighted by Crippen LogP contribution is 2.35. The zero-order valence-electron chi connectivity index (χ0n) is 9.74. The number of hydrogen-bond donors (Lipinski definition) is 1. The fraction of sp³-hybridized carbons (Fsp3) is 0.538. The van der Waals surface area contributed by atoms with Crippen molar-refractivity contribution < 1.29 is 4.92 Å². The van der Waals surface area contributed by atoms with E-state index in [1.807, 2.05) is 0 Å². The quantitative estimate of drug-likeness (QED) is 0.629. The molecule has 17 heavy (non-hydrogen) atoms. The minimum Gasteiger partial charge on any atom is -0.310 e. The summed E-state index contributed by atoms with van der Waals surface area (Å²) in [5.41, 5.74) is 3.70. The van der Waals surface area contributed by atoms with E-state index in [4.69, 9.17) is 0 Å². The second-order valence-electron chi connectivity index (χ2n) is 4.94. The van der Waals surface area contributed by atoms with E-state index in [0.29, 0.717) is 5.69 Å². The maximum absolute atomic E-state index is 11.2. The second-order valence-corrected chi connectivity index (χ2v) is 4.94. The highest BCUT2D eigenvalue weighted by atomic mass is 16.6. The number of fused-ring (bicyclic) bond motifs is 1. The van der Waals surface area contributed by atoms with Crippen LogP contribution in [0.15, 0.2) is 12.1 Å². The molecule has 1 saturated heterocycles. The fourth-order valence-electron chi connectivity index (χ4n) is 3.02. The van der Waals surface area contributed by atoms with Crippen LogP contribution in [-0.2, 0) is 12.8 Å². The number of rotatable bonds is 2. The van der Waals surface area contributed by atoms with Gasteiger partial charge in [0.05, 0.1) is 4.92 Å². The summed E-state index contributed by atoms with van der Waals surface area (Å²) in [7, 11) is 0. The molecule has 4 heteroatoms. The first kappa shape index (κ1) is 10.7. The van der Waals surface area contributed by atoms with Gasteiger partial charge in [0.25, 0.3) is 5.69 Å². The zero-order valence-corrected chi connectivity index (χ0v) is 9.74. The largest absolute Gasteiger partial charge is 0.310 e. The molecule has 0 aromatic heterocycles. The molecule has 90 valence electrons. The summed E-state index contributed by atoms with van der Waals surface area (Å²) in [5.74, 6) is 0. The minimum atomic E-state index is -0.228. The van der Waals surface area contributed by atoms with E-state index in [-0.39, 0.29) is 11.0 Å². The average molecular weight is 232 g/mol. The first-order valence-corrected chi connectivity index (χ1v) is 6.29. The molecule has 1 N–H and O–H groups in total. The van der Waals surface area contributed by atoms with Gasteiger partial charge < -0.3 is 5.32 Å². The van der Waals surface area contributed by atoms with Crippen LogP contribution in [-0.4, -0.2) is 11.5 Å². The minimum absolute atomic E-state index is 0.182. The molecule has 0 saturated carbocycles. The Labute approximate surface area is 100 Å². The van der Waals surface area contributed by atoms with Crippen LogP contribution in [0.1, 0.15) is 42.0 Å². The molecule has 3 rings (SSSR count). The zero-order chi connectivity index (χ0) is 11.8. The van der Waals surface area contributed by atoms with Gasteiger partial charge in [-0.3, -0.25) is 10.1 Å². The van der Waals surface area contributed by atoms with E-state index in [0.717, 1.165) is 44.2 Å². The van der Waals surface area contributed by atoms with Gasteiger partial charge in [0.15, 0.2) is 0 Å². The third-order valence-corrected chi connectivity index (χ3v) is 3.87. The van der Waals surface area contributed by atoms with Crippen molar-refractivity contribution in [1.29, 1.82) is 0 Å². The molecule has 0 unspecified atom stereocenters. The van der Waals surface area contributed by atoms with Crippen molar-refractivity contribution in [3.8, 4) is 0 Å². The van der Waals surface area contributed by atoms with Crippen molar-refractivity contribution in [1.82, 2.24) is 5.32 Å². The number of benzene rings is 1. The van der Waals surface area contributed by atoms with Crippen LogP contribution in [0.5, 0.6) is 0 Å². The molecule has 0 radical (unpaired) electrons. The average Bonchev–Trinajstić information content (AvgIpc) is 2.98. The summed E-state index contributed by atoms with van der Waals surface area (Å²) in [6.07, 6.45) is 5.33. The van der Waals surface area contributed by atoms with Crippen LogP contribution >= 0.6 is 0 Å². The molecule has 0 amide bonds. The van der Waals surface area contributed by atoms with Gasteiger partial charge in [-0.05, 0) is 55.8 Å². The number of aryl methyl sites for hydroxylation is 2. The number of nitro benzene ring substituents is 1. The third kappa shape index (κ3) is 1.82. The molecule has 0 spiro atoms. The van der Waals surface area contributed by atoms with E-state index in [1.165, 1.54) is 11.1 Å². The Morgan fingerprint density at radius 1 is 1.24 bits per heavy atom. The molecule has 1 aliphatic heterocycles. The number of nitrogens with zero attached hydrogens (tertiary/aromatic N) is 1. The van der Waals surface area contributed by atoms with E-state index < -0.39 is 0 Å². The Morgan fingerprint density at radius 3 is 2.65 bits per heavy atom. The van der Waals surface area contributed by atoms with Crippen molar-refractivity contribution in [3.63, 3.8) is 0 Å². The third-order valence-electron chi connectivity index (χ3n) is 3.87. The SMILES string of the molecule is O=[N+]([O-])c1cc2c(cc1[C@H]1CCCN1)CCC2. The maximum atomic E-state index is 11.2. The van der Waals surface area contributed by atoms with E-state index in [9.17, 15) is 10.1 Å². The molecular weight excluding hydrogens is 216 g/mol. The van der Waals surface area contributed by atoms with Gasteiger partial charge in [-0.1, -0.05) is 0 Å². The predicted octanol–water partition coefficient (Wildman–Crippen LogP) is 2.51. The molecule has 1 aromatic carbocycles. The molecule has 1 atom stereocenters. The lowest BCUT2D eigenvalue weighted by molar-refractivity contribution is -0.385. The molecule has 4 nitrogen and oxygen atoms in total. The molecular formula is C13H16N2O2. The van der Waals surface area contributed by atoms with Gasteiger partial charge in [0, 0.05) is 17.7 Å². The summed E-state index contributed by atoms with van der Waals surface area (Å²) in [6, 6.07) is 4.06. The fourth-order valence-corrected chi connectivity index (χ4v) is 3.02. The summed E-state index contributed by atoms with van der Waals surface area (Å²) in [4.78, 5) is 10.9. The Morgan fingerprint density at radius 2 is 2.00 bits per heavy atom. The van der Waals surface area contributed by atoms with Crippen LogP contribution in [0.25, 0.3) is 0 Å². The standard InChI is InChI=1S/C13H16N2O2/c16-15(17)13-8-10-4-1-3-9(10)7-11(13)12-5-2-6-14-12/h7-8,12,14H,1-6H2/t12-/m1/s1. The lowest BCUT2D eigenvalue weighted by Gasteiger charge is -2.13. The van der Waals surface area contributed by atoms with Gasteiger partial charge in [0.1, 0.15) is 0 Å². The smallest absolute Gasteiger partial charge is 0.274 e. The van der Waals surface area contributed by atoms with Crippen LogP contribution < -0.4 is 5.32 Å².